The number of pyridine rings is 2. The SMILES string of the molecule is CC1(C)CCc2cc(-c3nc4c(cc3F)c(=O)c(C(=O)O)cn4C3CC3)sc2C1N. The molecule has 1 saturated carbocycles. The van der Waals surface area contributed by atoms with Gasteiger partial charge in [0.1, 0.15) is 16.9 Å². The number of carboxylic acid groups (broad SMARTS) is 1. The number of hydrogen-bond acceptors (Lipinski definition) is 5. The molecule has 6 nitrogen and oxygen atoms in total. The van der Waals surface area contributed by atoms with E-state index in [-0.39, 0.29) is 34.1 Å². The highest BCUT2D eigenvalue weighted by molar-refractivity contribution is 7.15. The lowest BCUT2D eigenvalue weighted by atomic mass is 9.74. The second kappa shape index (κ2) is 6.46. The summed E-state index contributed by atoms with van der Waals surface area (Å²) in [6.07, 6.45) is 4.95. The molecule has 2 aliphatic carbocycles. The molecule has 3 aromatic rings. The Morgan fingerprint density at radius 3 is 2.77 bits per heavy atom. The molecule has 156 valence electrons. The van der Waals surface area contributed by atoms with Gasteiger partial charge in [-0.1, -0.05) is 13.8 Å². The molecule has 0 bridgehead atoms. The van der Waals surface area contributed by atoms with Gasteiger partial charge in [0.15, 0.2) is 5.82 Å². The zero-order valence-electron chi connectivity index (χ0n) is 16.7. The summed E-state index contributed by atoms with van der Waals surface area (Å²) in [7, 11) is 0. The van der Waals surface area contributed by atoms with Gasteiger partial charge < -0.3 is 15.4 Å². The van der Waals surface area contributed by atoms with Crippen LogP contribution in [0.25, 0.3) is 21.6 Å². The summed E-state index contributed by atoms with van der Waals surface area (Å²) < 4.78 is 16.8. The van der Waals surface area contributed by atoms with Crippen molar-refractivity contribution < 1.29 is 14.3 Å². The van der Waals surface area contributed by atoms with E-state index in [0.717, 1.165) is 42.2 Å². The lowest BCUT2D eigenvalue weighted by molar-refractivity contribution is 0.0695. The van der Waals surface area contributed by atoms with E-state index in [1.54, 1.807) is 4.57 Å². The predicted molar refractivity (Wildman–Crippen MR) is 114 cm³/mol. The number of carbonyl (C=O) groups is 1. The third kappa shape index (κ3) is 2.89. The number of fused-ring (bicyclic) bond motifs is 2. The maximum Gasteiger partial charge on any atom is 0.341 e. The van der Waals surface area contributed by atoms with Crippen LogP contribution in [0.3, 0.4) is 0 Å². The number of rotatable bonds is 3. The van der Waals surface area contributed by atoms with Crippen molar-refractivity contribution >= 4 is 28.3 Å². The average Bonchev–Trinajstić information content (AvgIpc) is 3.43. The van der Waals surface area contributed by atoms with Gasteiger partial charge in [-0.25, -0.2) is 14.2 Å². The van der Waals surface area contributed by atoms with Crippen LogP contribution in [0.4, 0.5) is 4.39 Å². The van der Waals surface area contributed by atoms with Crippen LogP contribution in [0.2, 0.25) is 0 Å². The molecule has 1 fully saturated rings. The number of aromatic nitrogens is 2. The summed E-state index contributed by atoms with van der Waals surface area (Å²) >= 11 is 1.45. The lowest BCUT2D eigenvalue weighted by Crippen LogP contribution is -2.32. The first-order valence-electron chi connectivity index (χ1n) is 10.0. The average molecular weight is 428 g/mol. The van der Waals surface area contributed by atoms with Crippen molar-refractivity contribution in [3.63, 3.8) is 0 Å². The molecular weight excluding hydrogens is 405 g/mol. The van der Waals surface area contributed by atoms with Gasteiger partial charge in [-0.2, -0.15) is 0 Å². The largest absolute Gasteiger partial charge is 0.477 e. The Balaban J connectivity index is 1.72. The Hall–Kier alpha value is -2.58. The van der Waals surface area contributed by atoms with Gasteiger partial charge in [0.2, 0.25) is 5.43 Å². The highest BCUT2D eigenvalue weighted by Gasteiger charge is 2.35. The van der Waals surface area contributed by atoms with Crippen LogP contribution >= 0.6 is 11.3 Å². The van der Waals surface area contributed by atoms with Gasteiger partial charge in [0.05, 0.1) is 10.3 Å². The first kappa shape index (κ1) is 19.4. The Morgan fingerprint density at radius 1 is 1.37 bits per heavy atom. The van der Waals surface area contributed by atoms with Crippen molar-refractivity contribution in [2.24, 2.45) is 11.1 Å². The third-order valence-corrected chi connectivity index (χ3v) is 7.63. The van der Waals surface area contributed by atoms with Crippen LogP contribution in [0.1, 0.15) is 66.0 Å². The van der Waals surface area contributed by atoms with Crippen LogP contribution < -0.4 is 11.2 Å². The van der Waals surface area contributed by atoms with Crippen molar-refractivity contribution in [1.29, 1.82) is 0 Å². The monoisotopic (exact) mass is 427 g/mol. The first-order chi connectivity index (χ1) is 14.2. The van der Waals surface area contributed by atoms with Crippen LogP contribution in [0, 0.1) is 11.2 Å². The molecule has 0 spiro atoms. The van der Waals surface area contributed by atoms with Gasteiger partial charge >= 0.3 is 5.97 Å². The summed E-state index contributed by atoms with van der Waals surface area (Å²) in [5.74, 6) is -1.95. The fourth-order valence-electron chi connectivity index (χ4n) is 4.19. The van der Waals surface area contributed by atoms with E-state index in [2.05, 4.69) is 18.8 Å². The first-order valence-corrected chi connectivity index (χ1v) is 10.9. The fraction of sp³-hybridized carbons (Fsp3) is 0.409. The summed E-state index contributed by atoms with van der Waals surface area (Å²) in [5.41, 5.74) is 7.03. The molecule has 3 N–H and O–H groups in total. The van der Waals surface area contributed by atoms with Crippen LogP contribution in [-0.2, 0) is 6.42 Å². The number of halogens is 1. The normalized spacial score (nSPS) is 20.3. The van der Waals surface area contributed by atoms with E-state index in [1.807, 2.05) is 6.07 Å². The van der Waals surface area contributed by atoms with Gasteiger partial charge in [-0.05, 0) is 48.8 Å². The number of aryl methyl sites for hydroxylation is 1. The van der Waals surface area contributed by atoms with Crippen molar-refractivity contribution in [3.05, 3.63) is 50.4 Å². The van der Waals surface area contributed by atoms with E-state index in [1.165, 1.54) is 17.5 Å². The van der Waals surface area contributed by atoms with Crippen molar-refractivity contribution in [2.45, 2.75) is 51.6 Å². The van der Waals surface area contributed by atoms with Gasteiger partial charge in [0, 0.05) is 23.2 Å². The number of thiophene rings is 1. The standard InChI is InChI=1S/C22H22FN3O3S/c1-22(2)6-5-10-7-15(30-18(10)19(22)24)16-14(23)8-12-17(27)13(21(28)29)9-26(11-3-4-11)20(12)25-16/h7-9,11,19H,3-6,24H2,1-2H3,(H,28,29). The van der Waals surface area contributed by atoms with E-state index in [9.17, 15) is 14.7 Å². The molecular formula is C22H22FN3O3S. The molecule has 0 amide bonds. The molecule has 1 atom stereocenters. The molecule has 1 unspecified atom stereocenters. The summed E-state index contributed by atoms with van der Waals surface area (Å²) in [6.45, 7) is 4.28. The predicted octanol–water partition coefficient (Wildman–Crippen LogP) is 4.27. The van der Waals surface area contributed by atoms with Gasteiger partial charge in [-0.15, -0.1) is 11.3 Å². The highest BCUT2D eigenvalue weighted by Crippen LogP contribution is 2.47. The van der Waals surface area contributed by atoms with E-state index in [0.29, 0.717) is 10.5 Å². The lowest BCUT2D eigenvalue weighted by Gasteiger charge is -2.35. The Kier molecular flexibility index (Phi) is 4.17. The van der Waals surface area contributed by atoms with E-state index >= 15 is 4.39 Å². The van der Waals surface area contributed by atoms with Gasteiger partial charge in [0.25, 0.3) is 0 Å². The van der Waals surface area contributed by atoms with Crippen molar-refractivity contribution in [2.75, 3.05) is 0 Å². The maximum atomic E-state index is 15.1. The summed E-state index contributed by atoms with van der Waals surface area (Å²) in [5, 5.41) is 9.38. The molecule has 0 radical (unpaired) electrons. The molecule has 8 heteroatoms. The Bertz CT molecular complexity index is 1270. The van der Waals surface area contributed by atoms with Crippen molar-refractivity contribution in [3.8, 4) is 10.6 Å². The second-order valence-corrected chi connectivity index (χ2v) is 10.1. The van der Waals surface area contributed by atoms with Crippen molar-refractivity contribution in [1.82, 2.24) is 9.55 Å². The Morgan fingerprint density at radius 2 is 2.10 bits per heavy atom. The van der Waals surface area contributed by atoms with Crippen LogP contribution in [0.5, 0.6) is 0 Å². The van der Waals surface area contributed by atoms with E-state index < -0.39 is 17.2 Å². The van der Waals surface area contributed by atoms with Crippen LogP contribution in [-0.4, -0.2) is 20.6 Å². The fourth-order valence-corrected chi connectivity index (χ4v) is 5.60. The molecule has 2 aliphatic rings. The quantitative estimate of drug-likeness (QED) is 0.650. The second-order valence-electron chi connectivity index (χ2n) is 8.97. The smallest absolute Gasteiger partial charge is 0.341 e. The molecule has 0 aliphatic heterocycles. The number of aromatic carboxylic acids is 1. The summed E-state index contributed by atoms with van der Waals surface area (Å²) in [4.78, 5) is 30.4. The molecule has 3 aromatic heterocycles. The number of hydrogen-bond donors (Lipinski definition) is 2. The maximum absolute atomic E-state index is 15.1. The highest BCUT2D eigenvalue weighted by atomic mass is 32.1. The minimum Gasteiger partial charge on any atom is -0.477 e. The topological polar surface area (TPSA) is 98.2 Å². The minimum atomic E-state index is -1.32. The molecule has 0 saturated heterocycles. The zero-order chi connectivity index (χ0) is 21.4. The third-order valence-electron chi connectivity index (χ3n) is 6.37. The molecule has 0 aromatic carbocycles. The van der Waals surface area contributed by atoms with Crippen LogP contribution in [0.15, 0.2) is 23.1 Å². The minimum absolute atomic E-state index is 0.00204. The number of nitrogens with zero attached hydrogens (tertiary/aromatic N) is 2. The number of carboxylic acids is 1. The number of nitrogens with two attached hydrogens (primary N) is 1. The zero-order valence-corrected chi connectivity index (χ0v) is 17.6. The van der Waals surface area contributed by atoms with Gasteiger partial charge in [-0.3, -0.25) is 4.79 Å². The Labute approximate surface area is 176 Å². The summed E-state index contributed by atoms with van der Waals surface area (Å²) in [6, 6.07) is 3.06. The molecule has 30 heavy (non-hydrogen) atoms. The molecule has 3 heterocycles. The van der Waals surface area contributed by atoms with E-state index in [4.69, 9.17) is 5.73 Å². The molecule has 5 rings (SSSR count).